The van der Waals surface area contributed by atoms with Crippen LogP contribution in [0.5, 0.6) is 0 Å². The van der Waals surface area contributed by atoms with Crippen molar-refractivity contribution >= 4 is 0 Å². The Balaban J connectivity index is 0.979. The van der Waals surface area contributed by atoms with Crippen molar-refractivity contribution < 1.29 is 0 Å². The van der Waals surface area contributed by atoms with Crippen LogP contribution >= 0.6 is 0 Å². The molecule has 0 amide bonds. The Kier molecular flexibility index (Phi) is 15.6. The van der Waals surface area contributed by atoms with Gasteiger partial charge in [-0.1, -0.05) is 166 Å². The molecule has 6 N–H and O–H groups in total. The summed E-state index contributed by atoms with van der Waals surface area (Å²) in [6, 6.07) is 0. The van der Waals surface area contributed by atoms with Gasteiger partial charge < -0.3 is 0 Å². The van der Waals surface area contributed by atoms with Gasteiger partial charge in [0, 0.05) is 0 Å². The molecule has 8 aliphatic carbocycles. The van der Waals surface area contributed by atoms with Gasteiger partial charge in [0.05, 0.1) is 49.3 Å². The van der Waals surface area contributed by atoms with E-state index < -0.39 is 0 Å². The van der Waals surface area contributed by atoms with Crippen LogP contribution in [0, 0.1) is 237 Å². The molecule has 0 aromatic carbocycles. The molecule has 48 atom stereocenters. The first-order chi connectivity index (χ1) is 38.6. The molecular formula is C74H132N8. The highest BCUT2D eigenvalue weighted by Crippen LogP contribution is 2.67. The van der Waals surface area contributed by atoms with Crippen LogP contribution in [0.15, 0.2) is 0 Å². The van der Waals surface area contributed by atoms with Gasteiger partial charge in [-0.2, -0.15) is 0 Å². The molecule has 8 heteroatoms. The molecule has 0 spiro atoms. The largest absolute Gasteiger partial charge is 0.286 e. The van der Waals surface area contributed by atoms with Crippen molar-refractivity contribution in [1.82, 2.24) is 41.7 Å². The zero-order valence-corrected chi connectivity index (χ0v) is 57.6. The molecule has 5 aliphatic heterocycles. The summed E-state index contributed by atoms with van der Waals surface area (Å²) in [6.45, 7) is 65.0. The summed E-state index contributed by atoms with van der Waals surface area (Å²) in [4.78, 5) is 5.96. The minimum Gasteiger partial charge on any atom is -0.286 e. The number of hydrogen-bond donors (Lipinski definition) is 6. The third kappa shape index (κ3) is 8.04. The summed E-state index contributed by atoms with van der Waals surface area (Å²) in [5.41, 5.74) is 0. The summed E-state index contributed by atoms with van der Waals surface area (Å²) in [7, 11) is 5.23. The molecule has 0 aromatic rings. The normalized spacial score (nSPS) is 67.2. The molecule has 13 fully saturated rings. The molecule has 8 nitrogen and oxygen atoms in total. The first-order valence-electron chi connectivity index (χ1n) is 36.6. The number of fused-ring (bicyclic) bond motifs is 24. The standard InChI is InChI=1S/C74H132N8/c1-27-28(2)36(10)52-44(18)60-59(43(17)51(52)35(27)9)67-75-68(60)78-72-65-49(23)57-41(15)33(7)34(8)42(16)58(57)50(24)66(65)74(82(72)26)80-70-62-46(20)54-38(12)30(4)29(3)37(11)53(54)45(19)61(62)69(76-70)79-73-64-48(22)56-40(14)32(6)31(5)39(13)55(56)47(21)63(64)71(77-67)81(73)25/h27-80H,1-26H3. The Hall–Kier alpha value is -0.320. The molecule has 5 saturated heterocycles. The number of hydrogen-bond acceptors (Lipinski definition) is 8. The lowest BCUT2D eigenvalue weighted by atomic mass is 9.45. The van der Waals surface area contributed by atoms with Crippen LogP contribution in [0.2, 0.25) is 0 Å². The molecule has 13 rings (SSSR count). The maximum Gasteiger partial charge on any atom is 0.0655 e. The van der Waals surface area contributed by atoms with Gasteiger partial charge in [-0.3, -0.25) is 41.7 Å². The van der Waals surface area contributed by atoms with E-state index in [9.17, 15) is 0 Å². The molecule has 0 aromatic heterocycles. The summed E-state index contributed by atoms with van der Waals surface area (Å²) >= 11 is 0. The fraction of sp³-hybridized carbons (Fsp3) is 1.00. The second-order valence-corrected chi connectivity index (χ2v) is 35.9. The molecule has 13 aliphatic rings. The van der Waals surface area contributed by atoms with Crippen molar-refractivity contribution in [2.75, 3.05) is 14.1 Å². The molecule has 468 valence electrons. The first-order valence-corrected chi connectivity index (χ1v) is 36.6. The van der Waals surface area contributed by atoms with Gasteiger partial charge in [-0.25, -0.2) is 0 Å². The highest BCUT2D eigenvalue weighted by Gasteiger charge is 2.70. The molecular weight excluding hydrogens is 1000 g/mol. The monoisotopic (exact) mass is 1130 g/mol. The van der Waals surface area contributed by atoms with Crippen LogP contribution < -0.4 is 31.9 Å². The quantitative estimate of drug-likeness (QED) is 0.143. The lowest BCUT2D eigenvalue weighted by Crippen LogP contribution is -2.62. The maximum atomic E-state index is 4.90. The number of rotatable bonds is 0. The zero-order valence-electron chi connectivity index (χ0n) is 57.6. The Morgan fingerprint density at radius 1 is 0.146 bits per heavy atom. The molecule has 0 radical (unpaired) electrons. The third-order valence-electron chi connectivity index (χ3n) is 35.0. The van der Waals surface area contributed by atoms with Crippen LogP contribution in [0.4, 0.5) is 0 Å². The Morgan fingerprint density at radius 3 is 0.427 bits per heavy atom. The second kappa shape index (κ2) is 21.1. The van der Waals surface area contributed by atoms with Crippen molar-refractivity contribution in [2.45, 2.75) is 215 Å². The average molecular weight is 1130 g/mol. The van der Waals surface area contributed by atoms with Gasteiger partial charge >= 0.3 is 0 Å². The maximum absolute atomic E-state index is 4.90. The molecule has 48 unspecified atom stereocenters. The number of nitrogens with zero attached hydrogens (tertiary/aromatic N) is 2. The van der Waals surface area contributed by atoms with E-state index in [1.165, 1.54) is 0 Å². The Morgan fingerprint density at radius 2 is 0.280 bits per heavy atom. The van der Waals surface area contributed by atoms with E-state index in [1.54, 1.807) is 0 Å². The van der Waals surface area contributed by atoms with E-state index >= 15 is 0 Å². The van der Waals surface area contributed by atoms with Crippen LogP contribution in [0.1, 0.15) is 166 Å². The second-order valence-electron chi connectivity index (χ2n) is 35.9. The molecule has 5 heterocycles. The minimum absolute atomic E-state index is 0.249. The summed E-state index contributed by atoms with van der Waals surface area (Å²) in [6.07, 6.45) is 2.17. The van der Waals surface area contributed by atoms with Crippen molar-refractivity contribution in [1.29, 1.82) is 0 Å². The smallest absolute Gasteiger partial charge is 0.0655 e. The third-order valence-corrected chi connectivity index (χ3v) is 35.0. The number of nitrogens with one attached hydrogen (secondary N) is 6. The molecule has 8 saturated carbocycles. The van der Waals surface area contributed by atoms with Gasteiger partial charge in [-0.15, -0.1) is 0 Å². The zero-order chi connectivity index (χ0) is 59.1. The van der Waals surface area contributed by atoms with Crippen molar-refractivity contribution in [2.24, 2.45) is 237 Å². The van der Waals surface area contributed by atoms with Gasteiger partial charge in [0.25, 0.3) is 0 Å². The molecule has 8 bridgehead atoms. The van der Waals surface area contributed by atoms with E-state index in [4.69, 9.17) is 31.9 Å². The fourth-order valence-corrected chi connectivity index (χ4v) is 29.6. The minimum atomic E-state index is 0.249. The fourth-order valence-electron chi connectivity index (χ4n) is 29.6. The van der Waals surface area contributed by atoms with Crippen molar-refractivity contribution in [3.63, 3.8) is 0 Å². The van der Waals surface area contributed by atoms with Crippen molar-refractivity contribution in [3.8, 4) is 0 Å². The summed E-state index contributed by atoms with van der Waals surface area (Å²) in [5, 5.41) is 29.1. The van der Waals surface area contributed by atoms with E-state index in [-0.39, 0.29) is 24.7 Å². The topological polar surface area (TPSA) is 78.7 Å². The van der Waals surface area contributed by atoms with Gasteiger partial charge in [-0.05, 0) is 251 Å². The first kappa shape index (κ1) is 60.6. The van der Waals surface area contributed by atoms with Crippen LogP contribution in [-0.4, -0.2) is 73.2 Å². The predicted octanol–water partition coefficient (Wildman–Crippen LogP) is 13.3. The van der Waals surface area contributed by atoms with Crippen LogP contribution in [0.25, 0.3) is 0 Å². The summed E-state index contributed by atoms with van der Waals surface area (Å²) in [5.74, 6) is 27.6. The Bertz CT molecular complexity index is 2000. The van der Waals surface area contributed by atoms with Crippen LogP contribution in [0.3, 0.4) is 0 Å². The van der Waals surface area contributed by atoms with Crippen LogP contribution in [-0.2, 0) is 0 Å². The van der Waals surface area contributed by atoms with Crippen molar-refractivity contribution in [3.05, 3.63) is 0 Å². The predicted molar refractivity (Wildman–Crippen MR) is 340 cm³/mol. The highest BCUT2D eigenvalue weighted by molar-refractivity contribution is 5.19. The Labute approximate surface area is 505 Å². The van der Waals surface area contributed by atoms with E-state index in [0.29, 0.717) is 119 Å². The van der Waals surface area contributed by atoms with Gasteiger partial charge in [0.2, 0.25) is 0 Å². The SMILES string of the molecule is CC1C(C)C(C)C2C(C)C3C4NC(NC5C6C(C)C7C(C)C(C)C(C)C(C)C7C(C)C6C(NC6NC(NC7C8C(C)C9C(C)C(C)C(C)C(C)C9C(C)C8C(N4)N7C)C4C(C)C7C(C)C(C)C(C)C(C)C7C(C)C64)N5C)C3C(C)C2C1C. The average Bonchev–Trinajstić information content (AvgIpc) is 2.17. The molecule has 82 heavy (non-hydrogen) atoms. The van der Waals surface area contributed by atoms with Gasteiger partial charge in [0.1, 0.15) is 0 Å². The lowest BCUT2D eigenvalue weighted by molar-refractivity contribution is -0.126. The van der Waals surface area contributed by atoms with E-state index in [2.05, 4.69) is 190 Å². The van der Waals surface area contributed by atoms with E-state index in [1.807, 2.05) is 0 Å². The van der Waals surface area contributed by atoms with Gasteiger partial charge in [0.15, 0.2) is 0 Å². The van der Waals surface area contributed by atoms with E-state index in [0.717, 1.165) is 142 Å². The lowest BCUT2D eigenvalue weighted by Gasteiger charge is -2.60. The summed E-state index contributed by atoms with van der Waals surface area (Å²) < 4.78 is 0. The highest BCUT2D eigenvalue weighted by atomic mass is 15.5.